The maximum atomic E-state index is 11.6. The molecule has 1 fully saturated rings. The van der Waals surface area contributed by atoms with E-state index in [4.69, 9.17) is 4.74 Å². The normalized spacial score (nSPS) is 21.9. The molecule has 0 radical (unpaired) electrons. The molecule has 4 heteroatoms. The van der Waals surface area contributed by atoms with Crippen molar-refractivity contribution in [2.45, 2.75) is 12.6 Å². The van der Waals surface area contributed by atoms with E-state index in [0.29, 0.717) is 12.4 Å². The second-order valence-electron chi connectivity index (χ2n) is 5.16. The second kappa shape index (κ2) is 6.87. The van der Waals surface area contributed by atoms with Gasteiger partial charge in [-0.05, 0) is 23.3 Å². The van der Waals surface area contributed by atoms with E-state index in [1.807, 2.05) is 30.3 Å². The minimum Gasteiger partial charge on any atom is -0.489 e. The lowest BCUT2D eigenvalue weighted by molar-refractivity contribution is 0.306. The standard InChI is InChI=1S/C17H19NO2S/c19-21-11-10-18-17(13-21)15-6-8-16(9-7-15)20-12-14-4-2-1-3-5-14/h1-9,17-18H,10-13H2. The second-order valence-corrected chi connectivity index (χ2v) is 6.78. The predicted octanol–water partition coefficient (Wildman–Crippen LogP) is 2.66. The highest BCUT2D eigenvalue weighted by atomic mass is 32.2. The summed E-state index contributed by atoms with van der Waals surface area (Å²) in [4.78, 5) is 0. The van der Waals surface area contributed by atoms with Crippen LogP contribution in [0.2, 0.25) is 0 Å². The van der Waals surface area contributed by atoms with Gasteiger partial charge in [0.25, 0.3) is 0 Å². The van der Waals surface area contributed by atoms with Crippen molar-refractivity contribution in [1.82, 2.24) is 5.32 Å². The van der Waals surface area contributed by atoms with Gasteiger partial charge in [0.1, 0.15) is 12.4 Å². The van der Waals surface area contributed by atoms with Gasteiger partial charge < -0.3 is 10.1 Å². The fraction of sp³-hybridized carbons (Fsp3) is 0.294. The van der Waals surface area contributed by atoms with Gasteiger partial charge in [-0.3, -0.25) is 4.21 Å². The monoisotopic (exact) mass is 301 g/mol. The first kappa shape index (κ1) is 14.3. The molecule has 2 unspecified atom stereocenters. The molecule has 3 nitrogen and oxygen atoms in total. The molecule has 1 saturated heterocycles. The molecule has 0 bridgehead atoms. The summed E-state index contributed by atoms with van der Waals surface area (Å²) < 4.78 is 17.4. The molecular formula is C17H19NO2S. The van der Waals surface area contributed by atoms with Crippen LogP contribution in [-0.2, 0) is 17.4 Å². The number of nitrogens with one attached hydrogen (secondary N) is 1. The fourth-order valence-electron chi connectivity index (χ4n) is 2.43. The molecule has 21 heavy (non-hydrogen) atoms. The Labute approximate surface area is 127 Å². The van der Waals surface area contributed by atoms with Crippen molar-refractivity contribution in [1.29, 1.82) is 0 Å². The summed E-state index contributed by atoms with van der Waals surface area (Å²) in [5.74, 6) is 2.32. The van der Waals surface area contributed by atoms with Crippen molar-refractivity contribution in [2.75, 3.05) is 18.1 Å². The van der Waals surface area contributed by atoms with E-state index >= 15 is 0 Å². The minimum atomic E-state index is -0.698. The average molecular weight is 301 g/mol. The van der Waals surface area contributed by atoms with Gasteiger partial charge in [0.15, 0.2) is 0 Å². The third-order valence-corrected chi connectivity index (χ3v) is 4.97. The quantitative estimate of drug-likeness (QED) is 0.943. The predicted molar refractivity (Wildman–Crippen MR) is 85.8 cm³/mol. The molecular weight excluding hydrogens is 282 g/mol. The van der Waals surface area contributed by atoms with Crippen molar-refractivity contribution < 1.29 is 8.95 Å². The van der Waals surface area contributed by atoms with Gasteiger partial charge in [0, 0.05) is 34.9 Å². The molecule has 0 saturated carbocycles. The highest BCUT2D eigenvalue weighted by Crippen LogP contribution is 2.21. The fourth-order valence-corrected chi connectivity index (χ4v) is 3.62. The Morgan fingerprint density at radius 3 is 2.57 bits per heavy atom. The van der Waals surface area contributed by atoms with Gasteiger partial charge in [-0.15, -0.1) is 0 Å². The molecule has 2 aromatic carbocycles. The van der Waals surface area contributed by atoms with Gasteiger partial charge in [-0.25, -0.2) is 0 Å². The molecule has 1 aliphatic heterocycles. The summed E-state index contributed by atoms with van der Waals surface area (Å²) in [7, 11) is -0.698. The Morgan fingerprint density at radius 1 is 1.10 bits per heavy atom. The van der Waals surface area contributed by atoms with Crippen molar-refractivity contribution in [3.05, 3.63) is 65.7 Å². The summed E-state index contributed by atoms with van der Waals surface area (Å²) in [6.07, 6.45) is 0. The first-order valence-electron chi connectivity index (χ1n) is 7.16. The summed E-state index contributed by atoms with van der Waals surface area (Å²) in [5.41, 5.74) is 2.33. The Morgan fingerprint density at radius 2 is 1.86 bits per heavy atom. The molecule has 0 amide bonds. The molecule has 1 N–H and O–H groups in total. The van der Waals surface area contributed by atoms with E-state index < -0.39 is 10.8 Å². The van der Waals surface area contributed by atoms with Crippen LogP contribution in [0, 0.1) is 0 Å². The van der Waals surface area contributed by atoms with Crippen molar-refractivity contribution >= 4 is 10.8 Å². The molecule has 1 aliphatic rings. The largest absolute Gasteiger partial charge is 0.489 e. The summed E-state index contributed by atoms with van der Waals surface area (Å²) in [5, 5.41) is 3.41. The molecule has 0 spiro atoms. The number of hydrogen-bond acceptors (Lipinski definition) is 3. The lowest BCUT2D eigenvalue weighted by Gasteiger charge is -2.23. The van der Waals surface area contributed by atoms with Gasteiger partial charge in [0.05, 0.1) is 0 Å². The van der Waals surface area contributed by atoms with E-state index in [9.17, 15) is 4.21 Å². The number of rotatable bonds is 4. The highest BCUT2D eigenvalue weighted by Gasteiger charge is 2.19. The molecule has 2 atom stereocenters. The van der Waals surface area contributed by atoms with Crippen LogP contribution in [0.5, 0.6) is 5.75 Å². The number of ether oxygens (including phenoxy) is 1. The Hall–Kier alpha value is -1.65. The first-order valence-corrected chi connectivity index (χ1v) is 8.65. The number of benzene rings is 2. The van der Waals surface area contributed by atoms with Crippen LogP contribution in [0.4, 0.5) is 0 Å². The zero-order valence-corrected chi connectivity index (χ0v) is 12.6. The van der Waals surface area contributed by atoms with Gasteiger partial charge in [0.2, 0.25) is 0 Å². The first-order chi connectivity index (χ1) is 10.3. The lowest BCUT2D eigenvalue weighted by atomic mass is 10.1. The number of hydrogen-bond donors (Lipinski definition) is 1. The Kier molecular flexibility index (Phi) is 4.68. The SMILES string of the molecule is O=S1CCNC(c2ccc(OCc3ccccc3)cc2)C1. The van der Waals surface area contributed by atoms with Gasteiger partial charge >= 0.3 is 0 Å². The van der Waals surface area contributed by atoms with Crippen LogP contribution in [0.3, 0.4) is 0 Å². The topological polar surface area (TPSA) is 38.3 Å². The van der Waals surface area contributed by atoms with E-state index in [1.54, 1.807) is 0 Å². The molecule has 2 aromatic rings. The Balaban J connectivity index is 1.60. The third kappa shape index (κ3) is 3.93. The van der Waals surface area contributed by atoms with E-state index in [1.165, 1.54) is 5.56 Å². The minimum absolute atomic E-state index is 0.197. The average Bonchev–Trinajstić information content (AvgIpc) is 2.54. The zero-order valence-electron chi connectivity index (χ0n) is 11.8. The van der Waals surface area contributed by atoms with Crippen LogP contribution in [0.15, 0.2) is 54.6 Å². The summed E-state index contributed by atoms with van der Waals surface area (Å²) >= 11 is 0. The van der Waals surface area contributed by atoms with Gasteiger partial charge in [-0.1, -0.05) is 42.5 Å². The maximum absolute atomic E-state index is 11.6. The van der Waals surface area contributed by atoms with Crippen molar-refractivity contribution in [3.63, 3.8) is 0 Å². The van der Waals surface area contributed by atoms with Crippen molar-refractivity contribution in [3.8, 4) is 5.75 Å². The summed E-state index contributed by atoms with van der Waals surface area (Å²) in [6, 6.07) is 18.4. The van der Waals surface area contributed by atoms with E-state index in [2.05, 4.69) is 29.6 Å². The van der Waals surface area contributed by atoms with Crippen LogP contribution < -0.4 is 10.1 Å². The van der Waals surface area contributed by atoms with E-state index in [-0.39, 0.29) is 6.04 Å². The van der Waals surface area contributed by atoms with Crippen LogP contribution >= 0.6 is 0 Å². The highest BCUT2D eigenvalue weighted by molar-refractivity contribution is 7.85. The van der Waals surface area contributed by atoms with E-state index in [0.717, 1.165) is 23.6 Å². The maximum Gasteiger partial charge on any atom is 0.119 e. The lowest BCUT2D eigenvalue weighted by Crippen LogP contribution is -2.36. The molecule has 3 rings (SSSR count). The van der Waals surface area contributed by atoms with Gasteiger partial charge in [-0.2, -0.15) is 0 Å². The smallest absolute Gasteiger partial charge is 0.119 e. The molecule has 0 aliphatic carbocycles. The zero-order chi connectivity index (χ0) is 14.5. The van der Waals surface area contributed by atoms with Crippen LogP contribution in [0.25, 0.3) is 0 Å². The Bertz CT molecular complexity index is 598. The van der Waals surface area contributed by atoms with Crippen LogP contribution in [0.1, 0.15) is 17.2 Å². The molecule has 1 heterocycles. The van der Waals surface area contributed by atoms with Crippen molar-refractivity contribution in [2.24, 2.45) is 0 Å². The summed E-state index contributed by atoms with van der Waals surface area (Å²) in [6.45, 7) is 1.40. The molecule has 110 valence electrons. The van der Waals surface area contributed by atoms with Crippen LogP contribution in [-0.4, -0.2) is 22.3 Å². The molecule has 0 aromatic heterocycles. The third-order valence-electron chi connectivity index (χ3n) is 3.60.